The largest absolute Gasteiger partial charge is 0.506 e. The van der Waals surface area contributed by atoms with Crippen molar-refractivity contribution >= 4 is 62.9 Å². The van der Waals surface area contributed by atoms with E-state index in [9.17, 15) is 15.0 Å². The molecule has 0 spiro atoms. The maximum Gasteiger partial charge on any atom is 0.354 e. The number of aryl methyl sites for hydroxylation is 4. The summed E-state index contributed by atoms with van der Waals surface area (Å²) >= 11 is 10.6. The van der Waals surface area contributed by atoms with Crippen molar-refractivity contribution < 1.29 is 19.7 Å². The van der Waals surface area contributed by atoms with Crippen molar-refractivity contribution in [1.29, 1.82) is 0 Å². The molecule has 0 atom stereocenters. The summed E-state index contributed by atoms with van der Waals surface area (Å²) in [4.78, 5) is 18.4. The van der Waals surface area contributed by atoms with Crippen molar-refractivity contribution in [3.63, 3.8) is 0 Å². The molecule has 2 N–H and O–H groups in total. The zero-order valence-electron chi connectivity index (χ0n) is 28.9. The highest BCUT2D eigenvalue weighted by Gasteiger charge is 2.72. The summed E-state index contributed by atoms with van der Waals surface area (Å²) in [7, 11) is 5.26. The minimum Gasteiger partial charge on any atom is -0.506 e. The van der Waals surface area contributed by atoms with Gasteiger partial charge in [-0.1, -0.05) is 23.7 Å². The molecule has 2 fully saturated rings. The van der Waals surface area contributed by atoms with E-state index in [2.05, 4.69) is 28.7 Å². The molecule has 4 aromatic heterocycles. The minimum atomic E-state index is -0.412. The third-order valence-corrected chi connectivity index (χ3v) is 12.7. The number of fused-ring (bicyclic) bond motifs is 3. The molecular formula is C38H39ClN6O4S2. The highest BCUT2D eigenvalue weighted by Crippen LogP contribution is 2.73. The summed E-state index contributed by atoms with van der Waals surface area (Å²) in [6.07, 6.45) is 5.06. The lowest BCUT2D eigenvalue weighted by atomic mass is 9.98. The number of hydrogen-bond acceptors (Lipinski definition) is 9. The number of aromatic nitrogens is 6. The number of halogens is 1. The fraction of sp³-hybridized carbons (Fsp3) is 0.368. The fourth-order valence-corrected chi connectivity index (χ4v) is 9.69. The smallest absolute Gasteiger partial charge is 0.354 e. The Labute approximate surface area is 309 Å². The van der Waals surface area contributed by atoms with Crippen LogP contribution in [0.5, 0.6) is 5.75 Å². The second kappa shape index (κ2) is 13.2. The number of hydrogen-bond donors (Lipinski definition) is 2. The van der Waals surface area contributed by atoms with Gasteiger partial charge >= 0.3 is 5.97 Å². The van der Waals surface area contributed by atoms with E-state index in [1.54, 1.807) is 35.8 Å². The second-order valence-corrected chi connectivity index (χ2v) is 16.0. The Morgan fingerprint density at radius 2 is 1.90 bits per heavy atom. The predicted molar refractivity (Wildman–Crippen MR) is 203 cm³/mol. The highest BCUT2D eigenvalue weighted by molar-refractivity contribution is 7.98. The first-order valence-corrected chi connectivity index (χ1v) is 19.5. The van der Waals surface area contributed by atoms with E-state index in [4.69, 9.17) is 26.5 Å². The van der Waals surface area contributed by atoms with E-state index in [0.717, 1.165) is 79.2 Å². The topological polar surface area (TPSA) is 120 Å². The van der Waals surface area contributed by atoms with Gasteiger partial charge in [0.1, 0.15) is 17.0 Å². The molecule has 0 aliphatic heterocycles. The fourth-order valence-electron chi connectivity index (χ4n) is 7.54. The van der Waals surface area contributed by atoms with Gasteiger partial charge in [0, 0.05) is 76.6 Å². The van der Waals surface area contributed by atoms with E-state index in [0.29, 0.717) is 46.5 Å². The van der Waals surface area contributed by atoms with Crippen LogP contribution in [0.2, 0.25) is 5.02 Å². The summed E-state index contributed by atoms with van der Waals surface area (Å²) in [5, 5.41) is 32.6. The van der Waals surface area contributed by atoms with Crippen LogP contribution in [0, 0.1) is 12.8 Å². The summed E-state index contributed by atoms with van der Waals surface area (Å²) in [5.41, 5.74) is 8.96. The van der Waals surface area contributed by atoms with Crippen molar-refractivity contribution in [3.8, 4) is 16.9 Å². The molecule has 51 heavy (non-hydrogen) atoms. The van der Waals surface area contributed by atoms with Gasteiger partial charge < -0.3 is 19.5 Å². The zero-order valence-corrected chi connectivity index (χ0v) is 31.3. The van der Waals surface area contributed by atoms with Crippen LogP contribution in [0.4, 0.5) is 0 Å². The van der Waals surface area contributed by atoms with Gasteiger partial charge in [0.2, 0.25) is 0 Å². The van der Waals surface area contributed by atoms with Crippen LogP contribution >= 0.6 is 35.1 Å². The molecule has 0 amide bonds. The lowest BCUT2D eigenvalue weighted by molar-refractivity contribution is 0.0589. The lowest BCUT2D eigenvalue weighted by Gasteiger charge is -2.14. The average molecular weight is 743 g/mol. The molecule has 4 heterocycles. The first-order chi connectivity index (χ1) is 24.6. The first-order valence-electron chi connectivity index (χ1n) is 17.0. The molecule has 0 radical (unpaired) electrons. The Bertz CT molecular complexity index is 2340. The quantitative estimate of drug-likeness (QED) is 0.0913. The molecule has 0 bridgehead atoms. The van der Waals surface area contributed by atoms with Crippen LogP contribution in [0.15, 0.2) is 53.6 Å². The third kappa shape index (κ3) is 5.90. The monoisotopic (exact) mass is 742 g/mol. The second-order valence-electron chi connectivity index (χ2n) is 13.6. The van der Waals surface area contributed by atoms with Crippen molar-refractivity contribution in [2.24, 2.45) is 20.0 Å². The molecule has 6 aromatic rings. The van der Waals surface area contributed by atoms with Crippen molar-refractivity contribution in [2.45, 2.75) is 60.3 Å². The number of pyridine rings is 1. The molecule has 0 saturated heterocycles. The number of methoxy groups -OCH3 is 1. The van der Waals surface area contributed by atoms with Crippen LogP contribution in [0.1, 0.15) is 58.1 Å². The number of nitrogens with zero attached hydrogens (tertiary/aromatic N) is 6. The van der Waals surface area contributed by atoms with Gasteiger partial charge in [0.05, 0.1) is 40.3 Å². The van der Waals surface area contributed by atoms with Crippen molar-refractivity contribution in [3.05, 3.63) is 87.7 Å². The number of phenolic OH excluding ortho intramolecular Hbond substituents is 1. The molecular weight excluding hydrogens is 704 g/mol. The van der Waals surface area contributed by atoms with Crippen LogP contribution in [-0.4, -0.2) is 59.0 Å². The van der Waals surface area contributed by atoms with Gasteiger partial charge in [-0.25, -0.2) is 4.79 Å². The Kier molecular flexibility index (Phi) is 8.85. The van der Waals surface area contributed by atoms with E-state index >= 15 is 0 Å². The van der Waals surface area contributed by atoms with Crippen LogP contribution in [0.3, 0.4) is 0 Å². The summed E-state index contributed by atoms with van der Waals surface area (Å²) in [6.45, 7) is 2.08. The van der Waals surface area contributed by atoms with Gasteiger partial charge in [-0.15, -0.1) is 23.5 Å². The Morgan fingerprint density at radius 1 is 1.10 bits per heavy atom. The Morgan fingerprint density at radius 3 is 2.65 bits per heavy atom. The SMILES string of the molecule is COC(=O)c1c(CCCO)c2ccc(Cl)c(-c3c(C)nn(C45CC4C5)c3CSCc3cc(CSc4cc(O)c5ncccc5c4)n(C)n3)c2n1C. The van der Waals surface area contributed by atoms with Gasteiger partial charge in [-0.2, -0.15) is 10.2 Å². The highest BCUT2D eigenvalue weighted by atomic mass is 35.5. The van der Waals surface area contributed by atoms with Crippen LogP contribution in [0.25, 0.3) is 32.9 Å². The van der Waals surface area contributed by atoms with Gasteiger partial charge in [-0.3, -0.25) is 14.3 Å². The van der Waals surface area contributed by atoms with Crippen molar-refractivity contribution in [1.82, 2.24) is 29.1 Å². The number of esters is 1. The average Bonchev–Trinajstić information content (AvgIpc) is 3.88. The summed E-state index contributed by atoms with van der Waals surface area (Å²) < 4.78 is 11.3. The van der Waals surface area contributed by atoms with Crippen LogP contribution in [-0.2, 0) is 48.1 Å². The number of aliphatic hydroxyl groups excluding tert-OH is 1. The maximum absolute atomic E-state index is 13.1. The maximum atomic E-state index is 13.1. The third-order valence-electron chi connectivity index (χ3n) is 10.4. The molecule has 264 valence electrons. The predicted octanol–water partition coefficient (Wildman–Crippen LogP) is 7.55. The van der Waals surface area contributed by atoms with E-state index in [-0.39, 0.29) is 17.9 Å². The van der Waals surface area contributed by atoms with E-state index < -0.39 is 5.97 Å². The Balaban J connectivity index is 1.08. The number of aromatic hydroxyl groups is 1. The molecule has 2 aliphatic rings. The number of ether oxygens (including phenoxy) is 1. The molecule has 2 aliphatic carbocycles. The minimum absolute atomic E-state index is 0.0253. The van der Waals surface area contributed by atoms with Crippen molar-refractivity contribution in [2.75, 3.05) is 13.7 Å². The number of thioether (sulfide) groups is 2. The molecule has 2 saturated carbocycles. The molecule has 10 nitrogen and oxygen atoms in total. The number of rotatable bonds is 13. The normalized spacial score (nSPS) is 17.7. The van der Waals surface area contributed by atoms with Crippen LogP contribution < -0.4 is 0 Å². The van der Waals surface area contributed by atoms with Gasteiger partial charge in [-0.05, 0) is 74.4 Å². The number of aliphatic hydroxyl groups is 1. The summed E-state index contributed by atoms with van der Waals surface area (Å²) in [5.74, 6) is 2.61. The van der Waals surface area contributed by atoms with E-state index in [1.165, 1.54) is 7.11 Å². The number of carbonyl (C=O) groups excluding carboxylic acids is 1. The van der Waals surface area contributed by atoms with Gasteiger partial charge in [0.25, 0.3) is 0 Å². The van der Waals surface area contributed by atoms with Gasteiger partial charge in [0.15, 0.2) is 0 Å². The number of carbonyl (C=O) groups is 1. The molecule has 2 aromatic carbocycles. The molecule has 8 rings (SSSR count). The standard InChI is InChI=1S/C38H39ClN6O4S2/c1-21-32(33-29(39)10-9-28-27(8-6-12-46)36(37(48)49-4)43(2)35(28)33)30(45(41-21)38-16-23(38)17-38)20-50-18-24-14-25(44(3)42-24)19-51-26-13-22-7-5-11-40-34(22)31(47)15-26/h5,7,9-11,13-15,23,46-47H,6,8,12,16-20H2,1-4H3. The summed E-state index contributed by atoms with van der Waals surface area (Å²) in [6, 6.07) is 13.7. The number of benzene rings is 2. The number of phenols is 1. The molecule has 13 heteroatoms. The molecule has 0 unspecified atom stereocenters. The van der Waals surface area contributed by atoms with E-state index in [1.807, 2.05) is 47.6 Å². The zero-order chi connectivity index (χ0) is 35.6. The lowest BCUT2D eigenvalue weighted by Crippen LogP contribution is -2.13. The Hall–Kier alpha value is -3.97. The first kappa shape index (κ1) is 34.1.